The van der Waals surface area contributed by atoms with Crippen molar-refractivity contribution in [2.45, 2.75) is 83.8 Å². The molecule has 0 aromatic rings. The lowest BCUT2D eigenvalue weighted by Gasteiger charge is -2.40. The Hall–Kier alpha value is -1.34. The zero-order chi connectivity index (χ0) is 19.8. The van der Waals surface area contributed by atoms with Gasteiger partial charge in [0.2, 0.25) is 5.91 Å². The van der Waals surface area contributed by atoms with Crippen LogP contribution in [0.4, 0.5) is 4.79 Å². The Balaban J connectivity index is 0.00000280. The molecule has 0 bridgehead atoms. The lowest BCUT2D eigenvalue weighted by Crippen LogP contribution is -2.54. The average Bonchev–Trinajstić information content (AvgIpc) is 2.81. The topological polar surface area (TPSA) is 90.5 Å². The molecule has 28 heavy (non-hydrogen) atoms. The minimum atomic E-state index is -0.807. The maximum atomic E-state index is 13.0. The van der Waals surface area contributed by atoms with Gasteiger partial charge in [-0.15, -0.1) is 12.4 Å². The number of piperidine rings is 1. The maximum absolute atomic E-state index is 13.0. The molecule has 2 aliphatic heterocycles. The zero-order valence-corrected chi connectivity index (χ0v) is 18.3. The number of carbonyl (C=O) groups excluding carboxylic acids is 3. The van der Waals surface area contributed by atoms with Gasteiger partial charge in [0, 0.05) is 12.1 Å². The molecular formula is C20H35ClN4O3. The molecular weight excluding hydrogens is 380 g/mol. The molecule has 2 heterocycles. The second-order valence-electron chi connectivity index (χ2n) is 9.60. The molecule has 3 fully saturated rings. The highest BCUT2D eigenvalue weighted by molar-refractivity contribution is 6.09. The maximum Gasteiger partial charge on any atom is 0.325 e. The Morgan fingerprint density at radius 3 is 2.43 bits per heavy atom. The lowest BCUT2D eigenvalue weighted by atomic mass is 9.67. The zero-order valence-electron chi connectivity index (χ0n) is 17.5. The molecule has 1 spiro atoms. The quantitative estimate of drug-likeness (QED) is 0.617. The molecule has 160 valence electrons. The number of hydrogen-bond acceptors (Lipinski definition) is 4. The van der Waals surface area contributed by atoms with E-state index in [1.165, 1.54) is 0 Å². The molecule has 8 heteroatoms. The summed E-state index contributed by atoms with van der Waals surface area (Å²) in [6, 6.07) is -0.188. The summed E-state index contributed by atoms with van der Waals surface area (Å²) in [5, 5.41) is 9.22. The van der Waals surface area contributed by atoms with Crippen LogP contribution < -0.4 is 16.0 Å². The van der Waals surface area contributed by atoms with Gasteiger partial charge in [-0.2, -0.15) is 0 Å². The van der Waals surface area contributed by atoms with Gasteiger partial charge in [-0.3, -0.25) is 14.5 Å². The third-order valence-corrected chi connectivity index (χ3v) is 6.72. The van der Waals surface area contributed by atoms with Crippen LogP contribution in [0.2, 0.25) is 0 Å². The van der Waals surface area contributed by atoms with E-state index in [1.54, 1.807) is 0 Å². The Bertz CT molecular complexity index is 611. The van der Waals surface area contributed by atoms with Gasteiger partial charge in [-0.1, -0.05) is 20.8 Å². The largest absolute Gasteiger partial charge is 0.350 e. The molecule has 1 saturated carbocycles. The fourth-order valence-electron chi connectivity index (χ4n) is 4.77. The van der Waals surface area contributed by atoms with E-state index in [9.17, 15) is 14.4 Å². The molecule has 0 aromatic carbocycles. The van der Waals surface area contributed by atoms with Crippen molar-refractivity contribution in [3.05, 3.63) is 0 Å². The second-order valence-corrected chi connectivity index (χ2v) is 9.60. The number of amides is 4. The van der Waals surface area contributed by atoms with Gasteiger partial charge in [0.25, 0.3) is 5.91 Å². The highest BCUT2D eigenvalue weighted by Gasteiger charge is 2.53. The number of hydrogen-bond donors (Lipinski definition) is 3. The molecule has 7 nitrogen and oxygen atoms in total. The summed E-state index contributed by atoms with van der Waals surface area (Å²) in [7, 11) is 0. The van der Waals surface area contributed by atoms with E-state index in [0.29, 0.717) is 18.8 Å². The first kappa shape index (κ1) is 22.9. The minimum Gasteiger partial charge on any atom is -0.350 e. The lowest BCUT2D eigenvalue weighted by molar-refractivity contribution is -0.136. The summed E-state index contributed by atoms with van der Waals surface area (Å²) in [6.07, 6.45) is 5.07. The molecule has 0 aromatic heterocycles. The van der Waals surface area contributed by atoms with Crippen molar-refractivity contribution in [3.63, 3.8) is 0 Å². The second kappa shape index (κ2) is 8.57. The third-order valence-electron chi connectivity index (χ3n) is 6.72. The van der Waals surface area contributed by atoms with E-state index in [2.05, 4.69) is 36.7 Å². The number of imide groups is 1. The summed E-state index contributed by atoms with van der Waals surface area (Å²) < 4.78 is 0. The molecule has 1 aliphatic carbocycles. The van der Waals surface area contributed by atoms with Crippen molar-refractivity contribution in [2.75, 3.05) is 13.1 Å². The van der Waals surface area contributed by atoms with E-state index < -0.39 is 11.6 Å². The molecule has 2 saturated heterocycles. The summed E-state index contributed by atoms with van der Waals surface area (Å²) in [6.45, 7) is 9.48. The van der Waals surface area contributed by atoms with Crippen molar-refractivity contribution in [1.29, 1.82) is 0 Å². The van der Waals surface area contributed by atoms with Gasteiger partial charge in [0.15, 0.2) is 0 Å². The van der Waals surface area contributed by atoms with E-state index in [-0.39, 0.29) is 48.3 Å². The van der Waals surface area contributed by atoms with Crippen molar-refractivity contribution in [2.24, 2.45) is 11.3 Å². The summed E-state index contributed by atoms with van der Waals surface area (Å²) in [5.41, 5.74) is -0.601. The predicted octanol–water partition coefficient (Wildman–Crippen LogP) is 2.19. The van der Waals surface area contributed by atoms with Gasteiger partial charge in [0.1, 0.15) is 12.1 Å². The van der Waals surface area contributed by atoms with Crippen LogP contribution in [-0.4, -0.2) is 53.5 Å². The predicted molar refractivity (Wildman–Crippen MR) is 110 cm³/mol. The SMILES string of the molecule is CC1NCCCC1NC(=O)CN1C(=O)NC2(CCC(C(C)(C)C)CC2)C1=O.Cl. The van der Waals surface area contributed by atoms with E-state index in [0.717, 1.165) is 37.1 Å². The standard InChI is InChI=1S/C20H34N4O3.ClH/c1-13-15(6-5-11-21-13)22-16(25)12-24-17(26)20(23-18(24)27)9-7-14(8-10-20)19(2,3)4;/h13-15,21H,5-12H2,1-4H3,(H,22,25)(H,23,27);1H. The van der Waals surface area contributed by atoms with Crippen LogP contribution in [0.15, 0.2) is 0 Å². The fourth-order valence-corrected chi connectivity index (χ4v) is 4.77. The molecule has 4 amide bonds. The molecule has 0 radical (unpaired) electrons. The van der Waals surface area contributed by atoms with E-state index in [4.69, 9.17) is 0 Å². The van der Waals surface area contributed by atoms with Gasteiger partial charge >= 0.3 is 6.03 Å². The molecule has 2 atom stereocenters. The van der Waals surface area contributed by atoms with Gasteiger partial charge in [-0.05, 0) is 63.3 Å². The first-order chi connectivity index (χ1) is 12.6. The Morgan fingerprint density at radius 2 is 1.86 bits per heavy atom. The number of urea groups is 1. The normalized spacial score (nSPS) is 33.4. The first-order valence-corrected chi connectivity index (χ1v) is 10.3. The number of nitrogens with one attached hydrogen (secondary N) is 3. The Morgan fingerprint density at radius 1 is 1.21 bits per heavy atom. The number of rotatable bonds is 3. The summed E-state index contributed by atoms with van der Waals surface area (Å²) >= 11 is 0. The summed E-state index contributed by atoms with van der Waals surface area (Å²) in [4.78, 5) is 39.0. The van der Waals surface area contributed by atoms with Crippen molar-refractivity contribution in [3.8, 4) is 0 Å². The number of halogens is 1. The van der Waals surface area contributed by atoms with Gasteiger partial charge in [0.05, 0.1) is 0 Å². The van der Waals surface area contributed by atoms with Crippen LogP contribution in [0, 0.1) is 11.3 Å². The minimum absolute atomic E-state index is 0. The Labute approximate surface area is 174 Å². The Kier molecular flexibility index (Phi) is 7.03. The van der Waals surface area contributed by atoms with Crippen molar-refractivity contribution >= 4 is 30.3 Å². The molecule has 3 N–H and O–H groups in total. The van der Waals surface area contributed by atoms with Gasteiger partial charge in [-0.25, -0.2) is 4.79 Å². The van der Waals surface area contributed by atoms with Crippen LogP contribution in [-0.2, 0) is 9.59 Å². The molecule has 2 unspecified atom stereocenters. The van der Waals surface area contributed by atoms with Crippen LogP contribution in [0.1, 0.15) is 66.2 Å². The van der Waals surface area contributed by atoms with Gasteiger partial charge < -0.3 is 16.0 Å². The van der Waals surface area contributed by atoms with E-state index >= 15 is 0 Å². The van der Waals surface area contributed by atoms with Crippen LogP contribution in [0.5, 0.6) is 0 Å². The highest BCUT2D eigenvalue weighted by Crippen LogP contribution is 2.43. The third kappa shape index (κ3) is 4.62. The monoisotopic (exact) mass is 414 g/mol. The van der Waals surface area contributed by atoms with Crippen LogP contribution in [0.25, 0.3) is 0 Å². The number of carbonyl (C=O) groups is 3. The van der Waals surface area contributed by atoms with Crippen molar-refractivity contribution in [1.82, 2.24) is 20.9 Å². The first-order valence-electron chi connectivity index (χ1n) is 10.3. The fraction of sp³-hybridized carbons (Fsp3) is 0.850. The smallest absolute Gasteiger partial charge is 0.325 e. The van der Waals surface area contributed by atoms with Crippen LogP contribution >= 0.6 is 12.4 Å². The summed E-state index contributed by atoms with van der Waals surface area (Å²) in [5.74, 6) is 0.0507. The van der Waals surface area contributed by atoms with E-state index in [1.807, 2.05) is 6.92 Å². The van der Waals surface area contributed by atoms with Crippen LogP contribution in [0.3, 0.4) is 0 Å². The molecule has 3 rings (SSSR count). The number of nitrogens with zero attached hydrogens (tertiary/aromatic N) is 1. The molecule has 3 aliphatic rings. The average molecular weight is 415 g/mol. The highest BCUT2D eigenvalue weighted by atomic mass is 35.5. The van der Waals surface area contributed by atoms with Crippen molar-refractivity contribution < 1.29 is 14.4 Å².